The van der Waals surface area contributed by atoms with Gasteiger partial charge >= 0.3 is 0 Å². The van der Waals surface area contributed by atoms with Gasteiger partial charge in [-0.2, -0.15) is 0 Å². The zero-order valence-electron chi connectivity index (χ0n) is 23.5. The lowest BCUT2D eigenvalue weighted by molar-refractivity contribution is -0.369. The van der Waals surface area contributed by atoms with Gasteiger partial charge in [-0.05, 0) is 0 Å². The molecule has 0 aromatic rings. The number of ether oxygens (including phenoxy) is 7. The van der Waals surface area contributed by atoms with Crippen LogP contribution in [0, 0.1) is 0 Å². The van der Waals surface area contributed by atoms with E-state index in [-0.39, 0.29) is 0 Å². The van der Waals surface area contributed by atoms with E-state index in [9.17, 15) is 71.5 Å². The second-order valence-corrected chi connectivity index (χ2v) is 11.2. The Balaban J connectivity index is 1.41. The summed E-state index contributed by atoms with van der Waals surface area (Å²) in [4.78, 5) is 0. The molecule has 21 heteroatoms. The fraction of sp³-hybridized carbons (Fsp3) is 1.00. The zero-order chi connectivity index (χ0) is 33.3. The minimum atomic E-state index is -1.99. The lowest BCUT2D eigenvalue weighted by atomic mass is 9.96. The minimum absolute atomic E-state index is 0.657. The Kier molecular flexibility index (Phi) is 12.8. The van der Waals surface area contributed by atoms with Crippen LogP contribution >= 0.6 is 0 Å². The van der Waals surface area contributed by atoms with Gasteiger partial charge in [0.2, 0.25) is 0 Å². The molecule has 264 valence electrons. The van der Waals surface area contributed by atoms with Crippen molar-refractivity contribution in [2.24, 2.45) is 0 Å². The average Bonchev–Trinajstić information content (AvgIpc) is 3.02. The van der Waals surface area contributed by atoms with E-state index >= 15 is 0 Å². The third-order valence-electron chi connectivity index (χ3n) is 8.17. The summed E-state index contributed by atoms with van der Waals surface area (Å²) in [5.74, 6) is 0. The molecule has 1 unspecified atom stereocenters. The monoisotopic (exact) mass is 666 g/mol. The second-order valence-electron chi connectivity index (χ2n) is 11.2. The molecule has 0 saturated carbocycles. The first-order valence-electron chi connectivity index (χ1n) is 14.1. The summed E-state index contributed by atoms with van der Waals surface area (Å²) in [6.45, 7) is -2.93. The first-order valence-corrected chi connectivity index (χ1v) is 14.1. The largest absolute Gasteiger partial charge is 0.394 e. The maximum atomic E-state index is 10.9. The Morgan fingerprint density at radius 3 is 1.31 bits per heavy atom. The van der Waals surface area contributed by atoms with Gasteiger partial charge in [-0.15, -0.1) is 0 Å². The van der Waals surface area contributed by atoms with E-state index in [0.717, 1.165) is 0 Å². The Labute approximate surface area is 254 Å². The van der Waals surface area contributed by atoms with Crippen LogP contribution in [0.2, 0.25) is 0 Å². The van der Waals surface area contributed by atoms with Crippen molar-refractivity contribution in [3.8, 4) is 0 Å². The number of aliphatic hydroxyl groups is 14. The molecule has 4 fully saturated rings. The molecule has 4 heterocycles. The molecule has 4 saturated heterocycles. The predicted octanol–water partition coefficient (Wildman–Crippen LogP) is -9.75. The lowest BCUT2D eigenvalue weighted by Gasteiger charge is -2.46. The SMILES string of the molecule is OC[C@H]1O[C@@H](OC[C@H]2O[C@@H](O[C@@H]3[C@@H](O)[C@H](OC[C@H]4OC(O)[C@H](O)[C@@H](O)[C@@H]4O)O[C@H](CO)[C@H]3O)[C@H](O)[C@@H](O)[C@@H]2O)[C@H](O)[C@@H](O)[C@@H]1O. The first kappa shape index (κ1) is 37.0. The summed E-state index contributed by atoms with van der Waals surface area (Å²) < 4.78 is 37.4. The highest BCUT2D eigenvalue weighted by molar-refractivity contribution is 4.95. The van der Waals surface area contributed by atoms with E-state index in [4.69, 9.17) is 33.2 Å². The molecule has 0 spiro atoms. The lowest BCUT2D eigenvalue weighted by Crippen LogP contribution is -2.65. The number of aliphatic hydroxyl groups excluding tert-OH is 14. The first-order chi connectivity index (χ1) is 21.2. The third kappa shape index (κ3) is 7.75. The average molecular weight is 667 g/mol. The molecule has 14 N–H and O–H groups in total. The van der Waals surface area contributed by atoms with Crippen LogP contribution in [0.25, 0.3) is 0 Å². The van der Waals surface area contributed by atoms with Crippen LogP contribution in [0.3, 0.4) is 0 Å². The van der Waals surface area contributed by atoms with E-state index in [1.807, 2.05) is 0 Å². The molecule has 0 radical (unpaired) electrons. The molecule has 4 aliphatic heterocycles. The van der Waals surface area contributed by atoms with Crippen molar-refractivity contribution in [2.45, 2.75) is 123 Å². The molecule has 0 aromatic heterocycles. The van der Waals surface area contributed by atoms with Crippen molar-refractivity contribution in [2.75, 3.05) is 26.4 Å². The second kappa shape index (κ2) is 15.6. The van der Waals surface area contributed by atoms with Crippen molar-refractivity contribution < 1.29 is 105 Å². The van der Waals surface area contributed by atoms with Crippen molar-refractivity contribution in [3.63, 3.8) is 0 Å². The smallest absolute Gasteiger partial charge is 0.187 e. The minimum Gasteiger partial charge on any atom is -0.394 e. The van der Waals surface area contributed by atoms with E-state index < -0.39 is 149 Å². The Morgan fingerprint density at radius 2 is 0.778 bits per heavy atom. The van der Waals surface area contributed by atoms with E-state index in [0.29, 0.717) is 0 Å². The van der Waals surface area contributed by atoms with Gasteiger partial charge in [-0.1, -0.05) is 0 Å². The third-order valence-corrected chi connectivity index (χ3v) is 8.17. The molecular weight excluding hydrogens is 624 g/mol. The van der Waals surface area contributed by atoms with Crippen LogP contribution in [-0.4, -0.2) is 221 Å². The van der Waals surface area contributed by atoms with E-state index in [1.165, 1.54) is 0 Å². The summed E-state index contributed by atoms with van der Waals surface area (Å²) in [7, 11) is 0. The van der Waals surface area contributed by atoms with E-state index in [1.54, 1.807) is 0 Å². The van der Waals surface area contributed by atoms with E-state index in [2.05, 4.69) is 0 Å². The zero-order valence-corrected chi connectivity index (χ0v) is 23.5. The summed E-state index contributed by atoms with van der Waals surface area (Å²) in [5, 5.41) is 142. The van der Waals surface area contributed by atoms with Gasteiger partial charge in [-0.3, -0.25) is 0 Å². The molecule has 0 aromatic carbocycles. The fourth-order valence-corrected chi connectivity index (χ4v) is 5.33. The van der Waals surface area contributed by atoms with Crippen LogP contribution in [0.5, 0.6) is 0 Å². The number of hydrogen-bond acceptors (Lipinski definition) is 21. The Morgan fingerprint density at radius 1 is 0.378 bits per heavy atom. The van der Waals surface area contributed by atoms with Gasteiger partial charge in [0, 0.05) is 0 Å². The summed E-state index contributed by atoms with van der Waals surface area (Å²) in [6.07, 6.45) is -34.8. The molecule has 21 nitrogen and oxygen atoms in total. The summed E-state index contributed by atoms with van der Waals surface area (Å²) in [6, 6.07) is 0. The number of hydrogen-bond donors (Lipinski definition) is 14. The Bertz CT molecular complexity index is 916. The van der Waals surface area contributed by atoms with Gasteiger partial charge in [0.25, 0.3) is 0 Å². The predicted molar refractivity (Wildman–Crippen MR) is 134 cm³/mol. The van der Waals surface area contributed by atoms with Gasteiger partial charge in [-0.25, -0.2) is 0 Å². The van der Waals surface area contributed by atoms with Crippen LogP contribution in [-0.2, 0) is 33.2 Å². The Hall–Kier alpha value is -0.840. The molecular formula is C24H42O21. The van der Waals surface area contributed by atoms with Crippen LogP contribution in [0.4, 0.5) is 0 Å². The van der Waals surface area contributed by atoms with Gasteiger partial charge in [0.1, 0.15) is 97.7 Å². The molecule has 0 aliphatic carbocycles. The maximum absolute atomic E-state index is 10.9. The van der Waals surface area contributed by atoms with Gasteiger partial charge < -0.3 is 105 Å². The fourth-order valence-electron chi connectivity index (χ4n) is 5.33. The van der Waals surface area contributed by atoms with Gasteiger partial charge in [0.05, 0.1) is 26.4 Å². The van der Waals surface area contributed by atoms with Gasteiger partial charge in [0.15, 0.2) is 25.2 Å². The van der Waals surface area contributed by atoms with Crippen molar-refractivity contribution in [1.82, 2.24) is 0 Å². The molecule has 0 amide bonds. The highest BCUT2D eigenvalue weighted by atomic mass is 16.8. The normalized spacial score (nSPS) is 52.9. The molecule has 4 aliphatic rings. The highest BCUT2D eigenvalue weighted by Gasteiger charge is 2.52. The van der Waals surface area contributed by atoms with Crippen molar-refractivity contribution in [1.29, 1.82) is 0 Å². The quantitative estimate of drug-likeness (QED) is 0.103. The maximum Gasteiger partial charge on any atom is 0.187 e. The topological polar surface area (TPSA) is 348 Å². The number of rotatable bonds is 10. The van der Waals surface area contributed by atoms with Crippen molar-refractivity contribution >= 4 is 0 Å². The van der Waals surface area contributed by atoms with Crippen LogP contribution in [0.15, 0.2) is 0 Å². The summed E-state index contributed by atoms with van der Waals surface area (Å²) in [5.41, 5.74) is 0. The standard InChI is InChI=1S/C24H42O21/c25-1-5-9(27)14(32)17(35)22(42-5)39-4-8-11(29)15(33)18(36)24(44-8)45-20-12(30)6(2-26)43-23(19(20)37)40-3-7-10(28)13(31)16(34)21(38)41-7/h5-38H,1-4H2/t5-,6-,7-,8-,9-,10-,11-,12-,13+,14+,15+,16-,17-,18-,19-,20+,21?,22-,23-,24+/m1/s1. The highest BCUT2D eigenvalue weighted by Crippen LogP contribution is 2.31. The van der Waals surface area contributed by atoms with Crippen LogP contribution in [0.1, 0.15) is 0 Å². The molecule has 20 atom stereocenters. The molecule has 4 rings (SSSR count). The van der Waals surface area contributed by atoms with Crippen LogP contribution < -0.4 is 0 Å². The van der Waals surface area contributed by atoms with Crippen molar-refractivity contribution in [3.05, 3.63) is 0 Å². The molecule has 45 heavy (non-hydrogen) atoms. The molecule has 0 bridgehead atoms. The summed E-state index contributed by atoms with van der Waals surface area (Å²) >= 11 is 0.